The van der Waals surface area contributed by atoms with Gasteiger partial charge in [-0.15, -0.1) is 0 Å². The van der Waals surface area contributed by atoms with E-state index in [0.29, 0.717) is 12.8 Å². The van der Waals surface area contributed by atoms with Crippen LogP contribution in [0.5, 0.6) is 0 Å². The lowest BCUT2D eigenvalue weighted by Gasteiger charge is -1.81. The molecule has 7 heavy (non-hydrogen) atoms. The molecule has 0 aromatic carbocycles. The van der Waals surface area contributed by atoms with E-state index >= 15 is 0 Å². The van der Waals surface area contributed by atoms with Gasteiger partial charge in [-0.05, 0) is 12.5 Å². The molecule has 1 rings (SSSR count). The number of Topliss-reactive ketones (excluding diaryl/α,β-unsaturated/α-hetero) is 1. The summed E-state index contributed by atoms with van der Waals surface area (Å²) in [6, 6.07) is 0. The fourth-order valence-corrected chi connectivity index (χ4v) is 0.582. The van der Waals surface area contributed by atoms with Gasteiger partial charge >= 0.3 is 0 Å². The predicted octanol–water partition coefficient (Wildman–Crippen LogP) is 0.791. The highest BCUT2D eigenvalue weighted by molar-refractivity contribution is 5.95. The summed E-state index contributed by atoms with van der Waals surface area (Å²) >= 11 is 0. The van der Waals surface area contributed by atoms with Crippen LogP contribution >= 0.6 is 0 Å². The molecule has 2 heteroatoms. The Labute approximate surface area is 41.5 Å². The van der Waals surface area contributed by atoms with E-state index in [-0.39, 0.29) is 11.5 Å². The molecule has 2 nitrogen and oxygen atoms in total. The van der Waals surface area contributed by atoms with Gasteiger partial charge < -0.3 is 5.11 Å². The maximum Gasteiger partial charge on any atom is 0.197 e. The van der Waals surface area contributed by atoms with Crippen molar-refractivity contribution in [3.63, 3.8) is 0 Å². The predicted molar refractivity (Wildman–Crippen MR) is 25.0 cm³/mol. The Hall–Kier alpha value is -0.790. The summed E-state index contributed by atoms with van der Waals surface area (Å²) in [5, 5.41) is 8.51. The van der Waals surface area contributed by atoms with Crippen LogP contribution in [0, 0.1) is 0 Å². The number of ketones is 1. The van der Waals surface area contributed by atoms with Crippen molar-refractivity contribution in [1.82, 2.24) is 0 Å². The van der Waals surface area contributed by atoms with Crippen molar-refractivity contribution >= 4 is 5.78 Å². The Kier molecular flexibility index (Phi) is 0.855. The Morgan fingerprint density at radius 1 is 1.71 bits per heavy atom. The molecule has 0 unspecified atom stereocenters. The van der Waals surface area contributed by atoms with E-state index in [0.717, 1.165) is 0 Å². The third kappa shape index (κ3) is 0.633. The van der Waals surface area contributed by atoms with Crippen LogP contribution in [0.15, 0.2) is 11.8 Å². The highest BCUT2D eigenvalue weighted by Gasteiger charge is 2.11. The van der Waals surface area contributed by atoms with Crippen molar-refractivity contribution in [2.75, 3.05) is 0 Å². The number of allylic oxidation sites excluding steroid dienone is 2. The van der Waals surface area contributed by atoms with Gasteiger partial charge in [-0.25, -0.2) is 0 Å². The van der Waals surface area contributed by atoms with Crippen LogP contribution in [0.3, 0.4) is 0 Å². The first-order valence-electron chi connectivity index (χ1n) is 2.23. The maximum atomic E-state index is 10.3. The average molecular weight is 98.1 g/mol. The minimum absolute atomic E-state index is 0.0556. The molecule has 38 valence electrons. The van der Waals surface area contributed by atoms with Gasteiger partial charge in [-0.2, -0.15) is 0 Å². The Morgan fingerprint density at radius 2 is 2.43 bits per heavy atom. The second kappa shape index (κ2) is 1.37. The number of hydrogen-bond acceptors (Lipinski definition) is 2. The zero-order valence-electron chi connectivity index (χ0n) is 3.85. The third-order valence-corrected chi connectivity index (χ3v) is 0.995. The molecule has 0 aliphatic heterocycles. The summed E-state index contributed by atoms with van der Waals surface area (Å²) in [6.07, 6.45) is 2.75. The second-order valence-corrected chi connectivity index (χ2v) is 1.55. The Bertz CT molecular complexity index is 124. The van der Waals surface area contributed by atoms with Crippen molar-refractivity contribution in [2.45, 2.75) is 12.8 Å². The van der Waals surface area contributed by atoms with E-state index in [4.69, 9.17) is 5.11 Å². The van der Waals surface area contributed by atoms with E-state index in [1.807, 2.05) is 0 Å². The highest BCUT2D eigenvalue weighted by atomic mass is 16.3. The maximum absolute atomic E-state index is 10.3. The summed E-state index contributed by atoms with van der Waals surface area (Å²) in [5.74, 6) is -0.181. The van der Waals surface area contributed by atoms with Gasteiger partial charge in [0.25, 0.3) is 0 Å². The number of aliphatic hydroxyl groups excluding tert-OH is 1. The first kappa shape index (κ1) is 4.37. The largest absolute Gasteiger partial charge is 0.505 e. The quantitative estimate of drug-likeness (QED) is 0.486. The second-order valence-electron chi connectivity index (χ2n) is 1.55. The molecule has 0 radical (unpaired) electrons. The van der Waals surface area contributed by atoms with Crippen LogP contribution in [0.4, 0.5) is 0 Å². The first-order valence-corrected chi connectivity index (χ1v) is 2.23. The summed E-state index contributed by atoms with van der Waals surface area (Å²) in [6.45, 7) is 0. The van der Waals surface area contributed by atoms with E-state index in [1.165, 1.54) is 0 Å². The molecule has 1 aliphatic carbocycles. The molecule has 0 heterocycles. The van der Waals surface area contributed by atoms with Gasteiger partial charge in [0.15, 0.2) is 11.5 Å². The van der Waals surface area contributed by atoms with Crippen LogP contribution in [0.25, 0.3) is 0 Å². The monoisotopic (exact) mass is 98.0 g/mol. The smallest absolute Gasteiger partial charge is 0.197 e. The number of rotatable bonds is 0. The molecule has 0 amide bonds. The molecular weight excluding hydrogens is 92.1 g/mol. The van der Waals surface area contributed by atoms with Crippen LogP contribution in [0.1, 0.15) is 12.8 Å². The van der Waals surface area contributed by atoms with Gasteiger partial charge in [0.1, 0.15) is 0 Å². The van der Waals surface area contributed by atoms with Crippen molar-refractivity contribution in [2.24, 2.45) is 0 Å². The Balaban J connectivity index is 2.72. The molecule has 0 bridgehead atoms. The van der Waals surface area contributed by atoms with E-state index < -0.39 is 0 Å². The minimum Gasteiger partial charge on any atom is -0.505 e. The van der Waals surface area contributed by atoms with Crippen molar-refractivity contribution in [1.29, 1.82) is 0 Å². The molecule has 0 saturated carbocycles. The van der Waals surface area contributed by atoms with Crippen LogP contribution in [0.2, 0.25) is 0 Å². The van der Waals surface area contributed by atoms with Crippen molar-refractivity contribution in [3.8, 4) is 0 Å². The lowest BCUT2D eigenvalue weighted by Crippen LogP contribution is -1.91. The zero-order valence-corrected chi connectivity index (χ0v) is 3.85. The fraction of sp³-hybridized carbons (Fsp3) is 0.400. The standard InChI is InChI=1S/C5H6O2/c6-4-2-1-3-5(4)7/h2,6H,1,3H2. The van der Waals surface area contributed by atoms with Crippen LogP contribution in [-0.4, -0.2) is 10.9 Å². The average Bonchev–Trinajstić information content (AvgIpc) is 1.91. The van der Waals surface area contributed by atoms with Gasteiger partial charge in [-0.1, -0.05) is 0 Å². The van der Waals surface area contributed by atoms with E-state index in [1.54, 1.807) is 6.08 Å². The molecule has 1 N–H and O–H groups in total. The summed E-state index contributed by atoms with van der Waals surface area (Å²) in [4.78, 5) is 10.3. The normalized spacial score (nSPS) is 20.0. The number of carbonyl (C=O) groups excluding carboxylic acids is 1. The molecule has 0 aromatic rings. The SMILES string of the molecule is O=C1CCC=C1O. The van der Waals surface area contributed by atoms with Crippen molar-refractivity contribution < 1.29 is 9.90 Å². The molecule has 1 aliphatic rings. The minimum atomic E-state index is -0.125. The third-order valence-electron chi connectivity index (χ3n) is 0.995. The lowest BCUT2D eigenvalue weighted by molar-refractivity contribution is -0.117. The summed E-state index contributed by atoms with van der Waals surface area (Å²) < 4.78 is 0. The van der Waals surface area contributed by atoms with Gasteiger partial charge in [-0.3, -0.25) is 4.79 Å². The number of hydrogen-bond donors (Lipinski definition) is 1. The highest BCUT2D eigenvalue weighted by Crippen LogP contribution is 2.09. The topological polar surface area (TPSA) is 37.3 Å². The van der Waals surface area contributed by atoms with Gasteiger partial charge in [0.05, 0.1) is 0 Å². The van der Waals surface area contributed by atoms with E-state index in [9.17, 15) is 4.79 Å². The molecule has 0 spiro atoms. The Morgan fingerprint density at radius 3 is 2.57 bits per heavy atom. The number of aliphatic hydroxyl groups is 1. The van der Waals surface area contributed by atoms with Crippen molar-refractivity contribution in [3.05, 3.63) is 11.8 Å². The first-order chi connectivity index (χ1) is 3.30. The molecule has 0 aromatic heterocycles. The fourth-order valence-electron chi connectivity index (χ4n) is 0.582. The molecule has 0 fully saturated rings. The summed E-state index contributed by atoms with van der Waals surface area (Å²) in [7, 11) is 0. The van der Waals surface area contributed by atoms with Gasteiger partial charge in [0, 0.05) is 6.42 Å². The molecule has 0 atom stereocenters. The number of carbonyl (C=O) groups is 1. The summed E-state index contributed by atoms with van der Waals surface area (Å²) in [5.41, 5.74) is 0. The van der Waals surface area contributed by atoms with Crippen LogP contribution in [-0.2, 0) is 4.79 Å². The zero-order chi connectivity index (χ0) is 5.28. The van der Waals surface area contributed by atoms with Gasteiger partial charge in [0.2, 0.25) is 0 Å². The molecule has 0 saturated heterocycles. The lowest BCUT2D eigenvalue weighted by atomic mass is 10.3. The molecular formula is C5H6O2. The van der Waals surface area contributed by atoms with E-state index in [2.05, 4.69) is 0 Å². The van der Waals surface area contributed by atoms with Crippen LogP contribution < -0.4 is 0 Å².